The molecular weight excluding hydrogens is 222 g/mol. The highest BCUT2D eigenvalue weighted by atomic mass is 16.2. The highest BCUT2D eigenvalue weighted by molar-refractivity contribution is 5.88. The van der Waals surface area contributed by atoms with Crippen molar-refractivity contribution in [2.45, 2.75) is 26.7 Å². The fourth-order valence-electron chi connectivity index (χ4n) is 1.03. The van der Waals surface area contributed by atoms with Gasteiger partial charge in [0.2, 0.25) is 11.8 Å². The molecule has 0 fully saturated rings. The van der Waals surface area contributed by atoms with E-state index in [9.17, 15) is 14.4 Å². The summed E-state index contributed by atoms with van der Waals surface area (Å²) in [5, 5.41) is 7.81. The molecule has 0 bridgehead atoms. The third-order valence-electron chi connectivity index (χ3n) is 1.97. The van der Waals surface area contributed by atoms with Crippen LogP contribution in [0, 0.1) is 0 Å². The Kier molecular flexibility index (Phi) is 8.95. The van der Waals surface area contributed by atoms with Crippen molar-refractivity contribution in [3.63, 3.8) is 0 Å². The first-order valence-corrected chi connectivity index (χ1v) is 5.79. The third kappa shape index (κ3) is 10.8. The van der Waals surface area contributed by atoms with E-state index in [4.69, 9.17) is 0 Å². The lowest BCUT2D eigenvalue weighted by atomic mass is 10.3. The molecule has 0 unspecified atom stereocenters. The summed E-state index contributed by atoms with van der Waals surface area (Å²) in [6, 6.07) is 0. The summed E-state index contributed by atoms with van der Waals surface area (Å²) in [6.45, 7) is 4.36. The van der Waals surface area contributed by atoms with E-state index in [0.29, 0.717) is 0 Å². The Hall–Kier alpha value is -1.43. The number of unbranched alkanes of at least 4 members (excludes halogenated alkanes) is 1. The Bertz CT molecular complexity index is 267. The van der Waals surface area contributed by atoms with Crippen LogP contribution in [0.2, 0.25) is 0 Å². The van der Waals surface area contributed by atoms with Crippen LogP contribution in [0.5, 0.6) is 0 Å². The molecule has 98 valence electrons. The lowest BCUT2D eigenvalue weighted by Gasteiger charge is -2.06. The summed E-state index contributed by atoms with van der Waals surface area (Å²) in [4.78, 5) is 32.9. The van der Waals surface area contributed by atoms with E-state index in [1.54, 1.807) is 0 Å². The molecule has 17 heavy (non-hydrogen) atoms. The summed E-state index contributed by atoms with van der Waals surface area (Å²) in [5.41, 5.74) is 0. The molecule has 0 aliphatic carbocycles. The van der Waals surface area contributed by atoms with Gasteiger partial charge >= 0.3 is 0 Å². The van der Waals surface area contributed by atoms with Gasteiger partial charge in [0.15, 0.2) is 0 Å². The number of carbonyl (C=O) groups is 3. The van der Waals surface area contributed by atoms with E-state index in [0.717, 1.165) is 19.4 Å². The van der Waals surface area contributed by atoms with E-state index in [1.165, 1.54) is 6.92 Å². The van der Waals surface area contributed by atoms with Crippen LogP contribution in [0.15, 0.2) is 0 Å². The number of Topliss-reactive ketones (excluding diaryl/α,β-unsaturated/α-hetero) is 1. The Morgan fingerprint density at radius 3 is 2.12 bits per heavy atom. The molecule has 0 spiro atoms. The Morgan fingerprint density at radius 2 is 1.53 bits per heavy atom. The van der Waals surface area contributed by atoms with Crippen molar-refractivity contribution in [1.82, 2.24) is 16.0 Å². The van der Waals surface area contributed by atoms with E-state index in [1.807, 2.05) is 0 Å². The molecule has 0 saturated heterocycles. The van der Waals surface area contributed by atoms with Gasteiger partial charge in [-0.3, -0.25) is 14.4 Å². The van der Waals surface area contributed by atoms with Gasteiger partial charge in [0.25, 0.3) is 0 Å². The first-order chi connectivity index (χ1) is 8.06. The molecule has 0 atom stereocenters. The average Bonchev–Trinajstić information content (AvgIpc) is 2.29. The number of amides is 2. The standard InChI is InChI=1S/C11H21N3O3/c1-3-4-5-12-7-10(16)14-8-11(17)13-6-9(2)15/h12H,3-8H2,1-2H3,(H,13,17)(H,14,16). The van der Waals surface area contributed by atoms with Crippen LogP contribution in [0.25, 0.3) is 0 Å². The average molecular weight is 243 g/mol. The van der Waals surface area contributed by atoms with Gasteiger partial charge in [0.1, 0.15) is 5.78 Å². The van der Waals surface area contributed by atoms with Crippen LogP contribution >= 0.6 is 0 Å². The van der Waals surface area contributed by atoms with Gasteiger partial charge in [-0.15, -0.1) is 0 Å². The Labute approximate surface area is 102 Å². The predicted octanol–water partition coefficient (Wildman–Crippen LogP) is -0.802. The van der Waals surface area contributed by atoms with Crippen molar-refractivity contribution < 1.29 is 14.4 Å². The molecule has 0 heterocycles. The van der Waals surface area contributed by atoms with Crippen molar-refractivity contribution in [3.8, 4) is 0 Å². The zero-order chi connectivity index (χ0) is 13.1. The second kappa shape index (κ2) is 9.77. The largest absolute Gasteiger partial charge is 0.348 e. The SMILES string of the molecule is CCCCNCC(=O)NCC(=O)NCC(C)=O. The Morgan fingerprint density at radius 1 is 0.941 bits per heavy atom. The molecule has 3 N–H and O–H groups in total. The molecule has 6 nitrogen and oxygen atoms in total. The van der Waals surface area contributed by atoms with E-state index in [2.05, 4.69) is 22.9 Å². The summed E-state index contributed by atoms with van der Waals surface area (Å²) < 4.78 is 0. The maximum Gasteiger partial charge on any atom is 0.239 e. The molecule has 0 aromatic carbocycles. The molecule has 0 rings (SSSR count). The van der Waals surface area contributed by atoms with Crippen molar-refractivity contribution in [2.75, 3.05) is 26.2 Å². The van der Waals surface area contributed by atoms with Crippen LogP contribution in [0.3, 0.4) is 0 Å². The van der Waals surface area contributed by atoms with Gasteiger partial charge in [-0.25, -0.2) is 0 Å². The third-order valence-corrected chi connectivity index (χ3v) is 1.97. The topological polar surface area (TPSA) is 87.3 Å². The van der Waals surface area contributed by atoms with Crippen molar-refractivity contribution >= 4 is 17.6 Å². The Balaban J connectivity index is 3.49. The molecular formula is C11H21N3O3. The second-order valence-corrected chi connectivity index (χ2v) is 3.79. The fourth-order valence-corrected chi connectivity index (χ4v) is 1.03. The first-order valence-electron chi connectivity index (χ1n) is 5.79. The number of nitrogens with one attached hydrogen (secondary N) is 3. The van der Waals surface area contributed by atoms with Gasteiger partial charge in [0, 0.05) is 0 Å². The minimum Gasteiger partial charge on any atom is -0.348 e. The van der Waals surface area contributed by atoms with E-state index < -0.39 is 0 Å². The van der Waals surface area contributed by atoms with Crippen LogP contribution in [-0.4, -0.2) is 43.8 Å². The van der Waals surface area contributed by atoms with E-state index in [-0.39, 0.29) is 37.2 Å². The monoisotopic (exact) mass is 243 g/mol. The second-order valence-electron chi connectivity index (χ2n) is 3.79. The lowest BCUT2D eigenvalue weighted by Crippen LogP contribution is -2.41. The molecule has 0 aromatic heterocycles. The summed E-state index contributed by atoms with van der Waals surface area (Å²) >= 11 is 0. The summed E-state index contributed by atoms with van der Waals surface area (Å²) in [5.74, 6) is -0.702. The normalized spacial score (nSPS) is 9.76. The quantitative estimate of drug-likeness (QED) is 0.463. The van der Waals surface area contributed by atoms with Gasteiger partial charge in [-0.05, 0) is 19.9 Å². The van der Waals surface area contributed by atoms with Crippen LogP contribution in [0.4, 0.5) is 0 Å². The van der Waals surface area contributed by atoms with Crippen LogP contribution in [-0.2, 0) is 14.4 Å². The molecule has 0 saturated carbocycles. The van der Waals surface area contributed by atoms with Gasteiger partial charge < -0.3 is 16.0 Å². The van der Waals surface area contributed by atoms with Crippen molar-refractivity contribution in [1.29, 1.82) is 0 Å². The van der Waals surface area contributed by atoms with Crippen molar-refractivity contribution in [2.24, 2.45) is 0 Å². The minimum absolute atomic E-state index is 0.00343. The number of rotatable bonds is 9. The maximum atomic E-state index is 11.2. The number of carbonyl (C=O) groups excluding carboxylic acids is 3. The number of ketones is 1. The van der Waals surface area contributed by atoms with Crippen molar-refractivity contribution in [3.05, 3.63) is 0 Å². The molecule has 6 heteroatoms. The molecule has 2 amide bonds. The van der Waals surface area contributed by atoms with Crippen LogP contribution < -0.4 is 16.0 Å². The van der Waals surface area contributed by atoms with E-state index >= 15 is 0 Å². The van der Waals surface area contributed by atoms with Crippen LogP contribution in [0.1, 0.15) is 26.7 Å². The summed E-state index contributed by atoms with van der Waals surface area (Å²) in [6.07, 6.45) is 2.09. The zero-order valence-corrected chi connectivity index (χ0v) is 10.5. The highest BCUT2D eigenvalue weighted by Gasteiger charge is 2.05. The smallest absolute Gasteiger partial charge is 0.239 e. The molecule has 0 aromatic rings. The minimum atomic E-state index is -0.359. The molecule has 0 aliphatic rings. The maximum absolute atomic E-state index is 11.2. The zero-order valence-electron chi connectivity index (χ0n) is 10.5. The molecule has 0 radical (unpaired) electrons. The van der Waals surface area contributed by atoms with Gasteiger partial charge in [0.05, 0.1) is 19.6 Å². The number of hydrogen-bond acceptors (Lipinski definition) is 4. The van der Waals surface area contributed by atoms with Gasteiger partial charge in [-0.2, -0.15) is 0 Å². The highest BCUT2D eigenvalue weighted by Crippen LogP contribution is 1.81. The lowest BCUT2D eigenvalue weighted by molar-refractivity contribution is -0.126. The first kappa shape index (κ1) is 15.6. The summed E-state index contributed by atoms with van der Waals surface area (Å²) in [7, 11) is 0. The molecule has 0 aliphatic heterocycles. The fraction of sp³-hybridized carbons (Fsp3) is 0.727. The van der Waals surface area contributed by atoms with Gasteiger partial charge in [-0.1, -0.05) is 13.3 Å². The number of hydrogen-bond donors (Lipinski definition) is 3. The predicted molar refractivity (Wildman–Crippen MR) is 64.5 cm³/mol.